The zero-order chi connectivity index (χ0) is 19.8. The van der Waals surface area contributed by atoms with E-state index in [2.05, 4.69) is 6.07 Å². The Kier molecular flexibility index (Phi) is 5.28. The summed E-state index contributed by atoms with van der Waals surface area (Å²) in [5.74, 6) is -0.110. The maximum Gasteiger partial charge on any atom is 0.410 e. The van der Waals surface area contributed by atoms with Crippen molar-refractivity contribution < 1.29 is 14.3 Å². The molecule has 0 aliphatic carbocycles. The number of carbonyl (C=O) groups is 2. The lowest BCUT2D eigenvalue weighted by atomic mass is 9.75. The van der Waals surface area contributed by atoms with Gasteiger partial charge in [-0.2, -0.15) is 5.26 Å². The molecule has 1 aromatic carbocycles. The Morgan fingerprint density at radius 3 is 2.37 bits per heavy atom. The molecular weight excluding hydrogens is 340 g/mol. The Bertz CT molecular complexity index is 774. The van der Waals surface area contributed by atoms with E-state index >= 15 is 0 Å². The number of fused-ring (bicyclic) bond motifs is 2. The first-order valence-corrected chi connectivity index (χ1v) is 9.76. The van der Waals surface area contributed by atoms with E-state index in [9.17, 15) is 14.9 Å². The van der Waals surface area contributed by atoms with E-state index in [-0.39, 0.29) is 29.9 Å². The number of benzene rings is 1. The second-order valence-corrected chi connectivity index (χ2v) is 8.82. The van der Waals surface area contributed by atoms with Crippen LogP contribution in [-0.2, 0) is 4.74 Å². The van der Waals surface area contributed by atoms with Crippen molar-refractivity contribution in [1.29, 1.82) is 5.26 Å². The van der Waals surface area contributed by atoms with Crippen molar-refractivity contribution in [3.63, 3.8) is 0 Å². The van der Waals surface area contributed by atoms with Crippen LogP contribution in [0.2, 0.25) is 0 Å². The topological polar surface area (TPSA) is 70.4 Å². The predicted octanol–water partition coefficient (Wildman–Crippen LogP) is 4.62. The monoisotopic (exact) mass is 368 g/mol. The molecule has 27 heavy (non-hydrogen) atoms. The summed E-state index contributed by atoms with van der Waals surface area (Å²) in [7, 11) is 0. The summed E-state index contributed by atoms with van der Waals surface area (Å²) in [5.41, 5.74) is 1.40. The van der Waals surface area contributed by atoms with E-state index in [1.165, 1.54) is 0 Å². The Hall–Kier alpha value is -2.35. The molecule has 2 aliphatic rings. The predicted molar refractivity (Wildman–Crippen MR) is 102 cm³/mol. The van der Waals surface area contributed by atoms with Crippen LogP contribution in [0.25, 0.3) is 0 Å². The molecule has 0 radical (unpaired) electrons. The summed E-state index contributed by atoms with van der Waals surface area (Å²) in [6.07, 6.45) is 3.90. The van der Waals surface area contributed by atoms with Gasteiger partial charge >= 0.3 is 6.09 Å². The first-order valence-electron chi connectivity index (χ1n) is 9.76. The van der Waals surface area contributed by atoms with E-state index in [0.29, 0.717) is 24.0 Å². The van der Waals surface area contributed by atoms with Crippen LogP contribution in [-0.4, -0.2) is 34.5 Å². The summed E-state index contributed by atoms with van der Waals surface area (Å²) in [6.45, 7) is 7.53. The Labute approximate surface area is 161 Å². The van der Waals surface area contributed by atoms with Gasteiger partial charge in [-0.1, -0.05) is 6.07 Å². The van der Waals surface area contributed by atoms with Gasteiger partial charge in [-0.15, -0.1) is 0 Å². The number of carbonyl (C=O) groups excluding carboxylic acids is 2. The van der Waals surface area contributed by atoms with Gasteiger partial charge in [-0.25, -0.2) is 4.79 Å². The highest BCUT2D eigenvalue weighted by molar-refractivity contribution is 6.00. The fraction of sp³-hybridized carbons (Fsp3) is 0.591. The minimum atomic E-state index is -0.526. The molecule has 2 fully saturated rings. The number of nitriles is 1. The molecular formula is C22H28N2O3. The van der Waals surface area contributed by atoms with Gasteiger partial charge in [0.1, 0.15) is 5.60 Å². The zero-order valence-electron chi connectivity index (χ0n) is 16.6. The van der Waals surface area contributed by atoms with Crippen molar-refractivity contribution in [1.82, 2.24) is 4.90 Å². The normalized spacial score (nSPS) is 24.9. The molecule has 5 nitrogen and oxygen atoms in total. The number of hydrogen-bond acceptors (Lipinski definition) is 4. The minimum Gasteiger partial charge on any atom is -0.444 e. The Morgan fingerprint density at radius 1 is 1.19 bits per heavy atom. The summed E-state index contributed by atoms with van der Waals surface area (Å²) < 4.78 is 5.60. The maximum absolute atomic E-state index is 13.1. The number of nitrogens with zero attached hydrogens (tertiary/aromatic N) is 2. The second kappa shape index (κ2) is 7.34. The van der Waals surface area contributed by atoms with Gasteiger partial charge in [0.05, 0.1) is 11.6 Å². The highest BCUT2D eigenvalue weighted by Crippen LogP contribution is 2.39. The smallest absolute Gasteiger partial charge is 0.410 e. The van der Waals surface area contributed by atoms with Crippen LogP contribution in [0.3, 0.4) is 0 Å². The second-order valence-electron chi connectivity index (χ2n) is 8.82. The van der Waals surface area contributed by atoms with Gasteiger partial charge in [-0.3, -0.25) is 4.79 Å². The fourth-order valence-electron chi connectivity index (χ4n) is 4.39. The Morgan fingerprint density at radius 2 is 1.81 bits per heavy atom. The van der Waals surface area contributed by atoms with Crippen LogP contribution in [0.15, 0.2) is 18.2 Å². The highest BCUT2D eigenvalue weighted by Gasteiger charge is 2.44. The lowest BCUT2D eigenvalue weighted by Gasteiger charge is -2.48. The lowest BCUT2D eigenvalue weighted by Crippen LogP contribution is -2.56. The quantitative estimate of drug-likeness (QED) is 0.714. The third kappa shape index (κ3) is 4.16. The molecule has 0 spiro atoms. The van der Waals surface area contributed by atoms with Crippen molar-refractivity contribution in [3.05, 3.63) is 34.9 Å². The van der Waals surface area contributed by atoms with Gasteiger partial charge in [-0.05, 0) is 77.5 Å². The number of piperidine rings is 2. The zero-order valence-corrected chi connectivity index (χ0v) is 16.6. The lowest BCUT2D eigenvalue weighted by molar-refractivity contribution is -0.0260. The molecule has 0 saturated carbocycles. The van der Waals surface area contributed by atoms with E-state index < -0.39 is 5.60 Å². The molecule has 0 N–H and O–H groups in total. The van der Waals surface area contributed by atoms with Gasteiger partial charge < -0.3 is 9.64 Å². The number of rotatable bonds is 2. The third-order valence-corrected chi connectivity index (χ3v) is 5.51. The summed E-state index contributed by atoms with van der Waals surface area (Å²) in [4.78, 5) is 27.7. The molecule has 2 unspecified atom stereocenters. The summed E-state index contributed by atoms with van der Waals surface area (Å²) in [6, 6.07) is 7.65. The average molecular weight is 368 g/mol. The molecule has 3 rings (SSSR count). The number of aryl methyl sites for hydroxylation is 1. The summed E-state index contributed by atoms with van der Waals surface area (Å²) in [5, 5.41) is 9.40. The van der Waals surface area contributed by atoms with Crippen LogP contribution in [0.4, 0.5) is 4.79 Å². The van der Waals surface area contributed by atoms with Crippen molar-refractivity contribution in [2.24, 2.45) is 5.92 Å². The molecule has 2 saturated heterocycles. The first-order chi connectivity index (χ1) is 12.7. The van der Waals surface area contributed by atoms with Crippen molar-refractivity contribution in [2.45, 2.75) is 77.5 Å². The summed E-state index contributed by atoms with van der Waals surface area (Å²) >= 11 is 0. The van der Waals surface area contributed by atoms with E-state index in [4.69, 9.17) is 4.74 Å². The standard InChI is InChI=1S/C22H28N2O3/c1-14-8-9-19(16(10-14)13-23)20(25)15-11-17-6-5-7-18(12-15)24(17)21(26)27-22(2,3)4/h8-10,15,17-18H,5-7,11-12H2,1-4H3. The molecule has 1 aromatic rings. The van der Waals surface area contributed by atoms with Crippen LogP contribution < -0.4 is 0 Å². The van der Waals surface area contributed by atoms with E-state index in [1.807, 2.05) is 38.7 Å². The van der Waals surface area contributed by atoms with Crippen LogP contribution in [0, 0.1) is 24.2 Å². The molecule has 0 aromatic heterocycles. The number of ketones is 1. The highest BCUT2D eigenvalue weighted by atomic mass is 16.6. The number of amides is 1. The van der Waals surface area contributed by atoms with Crippen LogP contribution in [0.1, 0.15) is 74.4 Å². The molecule has 144 valence electrons. The number of hydrogen-bond donors (Lipinski definition) is 0. The number of ether oxygens (including phenoxy) is 1. The molecule has 2 bridgehead atoms. The SMILES string of the molecule is Cc1ccc(C(=O)C2CC3CCCC(C2)N3C(=O)OC(C)(C)C)c(C#N)c1. The van der Waals surface area contributed by atoms with Gasteiger partial charge in [0.25, 0.3) is 0 Å². The van der Waals surface area contributed by atoms with Crippen molar-refractivity contribution in [3.8, 4) is 6.07 Å². The molecule has 2 aliphatic heterocycles. The molecule has 1 amide bonds. The van der Waals surface area contributed by atoms with Crippen LogP contribution in [0.5, 0.6) is 0 Å². The average Bonchev–Trinajstić information content (AvgIpc) is 2.58. The Balaban J connectivity index is 1.80. The molecule has 2 heterocycles. The van der Waals surface area contributed by atoms with Gasteiger partial charge in [0, 0.05) is 23.6 Å². The first kappa shape index (κ1) is 19.4. The van der Waals surface area contributed by atoms with Crippen LogP contribution >= 0.6 is 0 Å². The third-order valence-electron chi connectivity index (χ3n) is 5.51. The maximum atomic E-state index is 13.1. The van der Waals surface area contributed by atoms with Crippen molar-refractivity contribution in [2.75, 3.05) is 0 Å². The molecule has 2 atom stereocenters. The number of Topliss-reactive ketones (excluding diaryl/α,β-unsaturated/α-hetero) is 1. The molecule has 5 heteroatoms. The van der Waals surface area contributed by atoms with E-state index in [0.717, 1.165) is 24.8 Å². The van der Waals surface area contributed by atoms with Gasteiger partial charge in [0.15, 0.2) is 5.78 Å². The van der Waals surface area contributed by atoms with Gasteiger partial charge in [0.2, 0.25) is 0 Å². The van der Waals surface area contributed by atoms with Crippen molar-refractivity contribution >= 4 is 11.9 Å². The minimum absolute atomic E-state index is 0.0345. The van der Waals surface area contributed by atoms with E-state index in [1.54, 1.807) is 12.1 Å². The largest absolute Gasteiger partial charge is 0.444 e. The fourth-order valence-corrected chi connectivity index (χ4v) is 4.39.